The number of pyridine rings is 1. The smallest absolute Gasteiger partial charge is 0.0575 e. The predicted octanol–water partition coefficient (Wildman–Crippen LogP) is 1.27. The van der Waals surface area contributed by atoms with Crippen LogP contribution >= 0.6 is 0 Å². The number of aromatic nitrogens is 1. The molecule has 0 bridgehead atoms. The molecule has 1 aromatic rings. The monoisotopic (exact) mass is 215 g/mol. The molecule has 0 radical (unpaired) electrons. The fourth-order valence-corrected chi connectivity index (χ4v) is 2.10. The number of hydrogen-bond acceptors (Lipinski definition) is 3. The molecule has 0 unspecified atom stereocenters. The van der Waals surface area contributed by atoms with Crippen molar-refractivity contribution in [2.24, 2.45) is 0 Å². The highest BCUT2D eigenvalue weighted by molar-refractivity contribution is 5.44. The fourth-order valence-electron chi connectivity index (χ4n) is 2.10. The molecule has 2 rings (SSSR count). The zero-order valence-corrected chi connectivity index (χ0v) is 9.39. The van der Waals surface area contributed by atoms with E-state index in [-0.39, 0.29) is 0 Å². The zero-order valence-electron chi connectivity index (χ0n) is 9.39. The van der Waals surface area contributed by atoms with Gasteiger partial charge >= 0.3 is 0 Å². The first-order chi connectivity index (χ1) is 7.90. The summed E-state index contributed by atoms with van der Waals surface area (Å²) in [6, 6.07) is 4.71. The van der Waals surface area contributed by atoms with Gasteiger partial charge < -0.3 is 10.2 Å². The second-order valence-electron chi connectivity index (χ2n) is 4.05. The van der Waals surface area contributed by atoms with Gasteiger partial charge in [-0.25, -0.2) is 0 Å². The van der Waals surface area contributed by atoms with Crippen LogP contribution in [0.15, 0.2) is 24.5 Å². The van der Waals surface area contributed by atoms with E-state index in [1.165, 1.54) is 5.69 Å². The van der Waals surface area contributed by atoms with Gasteiger partial charge in [0.05, 0.1) is 6.54 Å². The molecule has 0 amide bonds. The quantitative estimate of drug-likeness (QED) is 0.770. The van der Waals surface area contributed by atoms with E-state index in [2.05, 4.69) is 33.3 Å². The lowest BCUT2D eigenvalue weighted by Gasteiger charge is -2.33. The maximum Gasteiger partial charge on any atom is 0.0575 e. The standard InChI is InChI=1S/C13H17N3/c1-2-7-15-12-5-10-16(11-6-12)13-3-8-14-9-4-13/h1,3-4,8-9,12,15H,5-7,10-11H2. The largest absolute Gasteiger partial charge is 0.371 e. The van der Waals surface area contributed by atoms with E-state index in [9.17, 15) is 0 Å². The third-order valence-electron chi connectivity index (χ3n) is 3.02. The molecule has 0 aliphatic carbocycles. The van der Waals surface area contributed by atoms with Crippen LogP contribution in [0.5, 0.6) is 0 Å². The molecule has 0 saturated carbocycles. The zero-order chi connectivity index (χ0) is 11.2. The molecule has 1 aliphatic rings. The summed E-state index contributed by atoms with van der Waals surface area (Å²) in [6.45, 7) is 2.86. The molecule has 0 spiro atoms. The second kappa shape index (κ2) is 5.53. The van der Waals surface area contributed by atoms with Crippen molar-refractivity contribution < 1.29 is 0 Å². The van der Waals surface area contributed by atoms with Crippen LogP contribution in [0, 0.1) is 12.3 Å². The molecule has 1 fully saturated rings. The molecule has 0 atom stereocenters. The third kappa shape index (κ3) is 2.74. The van der Waals surface area contributed by atoms with E-state index < -0.39 is 0 Å². The molecule has 1 aliphatic heterocycles. The minimum Gasteiger partial charge on any atom is -0.371 e. The van der Waals surface area contributed by atoms with Gasteiger partial charge in [-0.2, -0.15) is 0 Å². The molecule has 3 heteroatoms. The second-order valence-corrected chi connectivity index (χ2v) is 4.05. The molecular weight excluding hydrogens is 198 g/mol. The van der Waals surface area contributed by atoms with Crippen LogP contribution < -0.4 is 10.2 Å². The summed E-state index contributed by atoms with van der Waals surface area (Å²) in [5.74, 6) is 2.62. The number of rotatable bonds is 3. The van der Waals surface area contributed by atoms with Crippen LogP contribution in [-0.2, 0) is 0 Å². The maximum absolute atomic E-state index is 5.23. The third-order valence-corrected chi connectivity index (χ3v) is 3.02. The van der Waals surface area contributed by atoms with Gasteiger partial charge in [-0.05, 0) is 25.0 Å². The Morgan fingerprint density at radius 2 is 2.06 bits per heavy atom. The van der Waals surface area contributed by atoms with E-state index in [0.29, 0.717) is 12.6 Å². The van der Waals surface area contributed by atoms with Crippen LogP contribution in [0.1, 0.15) is 12.8 Å². The summed E-state index contributed by atoms with van der Waals surface area (Å²) >= 11 is 0. The average molecular weight is 215 g/mol. The Morgan fingerprint density at radius 3 is 2.69 bits per heavy atom. The Kier molecular flexibility index (Phi) is 3.79. The van der Waals surface area contributed by atoms with E-state index in [0.717, 1.165) is 25.9 Å². The Labute approximate surface area is 96.9 Å². The van der Waals surface area contributed by atoms with Crippen LogP contribution in [-0.4, -0.2) is 30.7 Å². The topological polar surface area (TPSA) is 28.2 Å². The number of hydrogen-bond donors (Lipinski definition) is 1. The van der Waals surface area contributed by atoms with Crippen molar-refractivity contribution in [3.63, 3.8) is 0 Å². The summed E-state index contributed by atoms with van der Waals surface area (Å²) < 4.78 is 0. The number of nitrogens with zero attached hydrogens (tertiary/aromatic N) is 2. The van der Waals surface area contributed by atoms with E-state index in [4.69, 9.17) is 6.42 Å². The number of anilines is 1. The van der Waals surface area contributed by atoms with Gasteiger partial charge in [0, 0.05) is 37.2 Å². The van der Waals surface area contributed by atoms with Gasteiger partial charge in [0.1, 0.15) is 0 Å². The Hall–Kier alpha value is -1.53. The Bertz CT molecular complexity index is 347. The lowest BCUT2D eigenvalue weighted by atomic mass is 10.0. The van der Waals surface area contributed by atoms with Gasteiger partial charge in [0.15, 0.2) is 0 Å². The van der Waals surface area contributed by atoms with Crippen molar-refractivity contribution in [2.75, 3.05) is 24.5 Å². The van der Waals surface area contributed by atoms with E-state index in [1.807, 2.05) is 12.4 Å². The fraction of sp³-hybridized carbons (Fsp3) is 0.462. The van der Waals surface area contributed by atoms with Crippen LogP contribution in [0.3, 0.4) is 0 Å². The van der Waals surface area contributed by atoms with Crippen molar-refractivity contribution in [2.45, 2.75) is 18.9 Å². The summed E-state index contributed by atoms with van der Waals surface area (Å²) in [5, 5.41) is 3.37. The minimum absolute atomic E-state index is 0.578. The summed E-state index contributed by atoms with van der Waals surface area (Å²) in [4.78, 5) is 6.43. The SMILES string of the molecule is C#CCNC1CCN(c2ccncc2)CC1. The van der Waals surface area contributed by atoms with E-state index >= 15 is 0 Å². The number of nitrogens with one attached hydrogen (secondary N) is 1. The molecule has 1 saturated heterocycles. The molecule has 3 nitrogen and oxygen atoms in total. The molecule has 2 heterocycles. The first kappa shape index (κ1) is 11.0. The van der Waals surface area contributed by atoms with Gasteiger partial charge in [0.25, 0.3) is 0 Å². The summed E-state index contributed by atoms with van der Waals surface area (Å²) in [7, 11) is 0. The van der Waals surface area contributed by atoms with Gasteiger partial charge in [-0.15, -0.1) is 6.42 Å². The van der Waals surface area contributed by atoms with E-state index in [1.54, 1.807) is 0 Å². The molecule has 84 valence electrons. The van der Waals surface area contributed by atoms with Crippen molar-refractivity contribution >= 4 is 5.69 Å². The van der Waals surface area contributed by atoms with Crippen LogP contribution in [0.25, 0.3) is 0 Å². The molecule has 16 heavy (non-hydrogen) atoms. The predicted molar refractivity (Wildman–Crippen MR) is 66.3 cm³/mol. The van der Waals surface area contributed by atoms with Crippen LogP contribution in [0.4, 0.5) is 5.69 Å². The van der Waals surface area contributed by atoms with Gasteiger partial charge in [-0.1, -0.05) is 5.92 Å². The molecule has 1 aromatic heterocycles. The molecular formula is C13H17N3. The first-order valence-electron chi connectivity index (χ1n) is 5.72. The Balaban J connectivity index is 1.84. The highest BCUT2D eigenvalue weighted by Gasteiger charge is 2.18. The van der Waals surface area contributed by atoms with Crippen LogP contribution in [0.2, 0.25) is 0 Å². The van der Waals surface area contributed by atoms with Gasteiger partial charge in [-0.3, -0.25) is 4.98 Å². The van der Waals surface area contributed by atoms with Crippen molar-refractivity contribution in [3.8, 4) is 12.3 Å². The summed E-state index contributed by atoms with van der Waals surface area (Å²) in [6.07, 6.45) is 11.2. The Morgan fingerprint density at radius 1 is 1.38 bits per heavy atom. The first-order valence-corrected chi connectivity index (χ1v) is 5.72. The lowest BCUT2D eigenvalue weighted by Crippen LogP contribution is -2.42. The normalized spacial score (nSPS) is 17.1. The minimum atomic E-state index is 0.578. The van der Waals surface area contributed by atoms with Crippen molar-refractivity contribution in [1.82, 2.24) is 10.3 Å². The number of terminal acetylenes is 1. The van der Waals surface area contributed by atoms with Crippen molar-refractivity contribution in [3.05, 3.63) is 24.5 Å². The average Bonchev–Trinajstić information content (AvgIpc) is 2.38. The highest BCUT2D eigenvalue weighted by atomic mass is 15.1. The highest BCUT2D eigenvalue weighted by Crippen LogP contribution is 2.18. The number of piperidine rings is 1. The lowest BCUT2D eigenvalue weighted by molar-refractivity contribution is 0.432. The van der Waals surface area contributed by atoms with Gasteiger partial charge in [0.2, 0.25) is 0 Å². The molecule has 1 N–H and O–H groups in total. The van der Waals surface area contributed by atoms with Crippen molar-refractivity contribution in [1.29, 1.82) is 0 Å². The molecule has 0 aromatic carbocycles. The summed E-state index contributed by atoms with van der Waals surface area (Å²) in [5.41, 5.74) is 1.27. The maximum atomic E-state index is 5.23.